The highest BCUT2D eigenvalue weighted by Gasteiger charge is 2.17. The van der Waals surface area contributed by atoms with Crippen LogP contribution in [-0.4, -0.2) is 32.7 Å². The number of amides is 1. The third kappa shape index (κ3) is 3.03. The van der Waals surface area contributed by atoms with E-state index in [4.69, 9.17) is 0 Å². The van der Waals surface area contributed by atoms with Gasteiger partial charge in [0, 0.05) is 29.9 Å². The first kappa shape index (κ1) is 15.9. The molecule has 0 N–H and O–H groups in total. The average molecular weight is 321 g/mol. The van der Waals surface area contributed by atoms with Crippen molar-refractivity contribution in [2.75, 3.05) is 11.4 Å². The Morgan fingerprint density at radius 3 is 2.58 bits per heavy atom. The van der Waals surface area contributed by atoms with Crippen LogP contribution < -0.4 is 4.90 Å². The van der Waals surface area contributed by atoms with Crippen LogP contribution in [0.5, 0.6) is 0 Å². The molecule has 122 valence electrons. The first-order valence-corrected chi connectivity index (χ1v) is 7.98. The monoisotopic (exact) mass is 321 g/mol. The van der Waals surface area contributed by atoms with Gasteiger partial charge in [-0.3, -0.25) is 4.79 Å². The number of hydrogen-bond acceptors (Lipinski definition) is 4. The molecule has 3 rings (SSSR count). The second-order valence-corrected chi connectivity index (χ2v) is 5.28. The van der Waals surface area contributed by atoms with Crippen molar-refractivity contribution in [2.45, 2.75) is 20.4 Å². The first-order valence-electron chi connectivity index (χ1n) is 7.98. The number of nitrogens with zero attached hydrogens (tertiary/aromatic N) is 5. The summed E-state index contributed by atoms with van der Waals surface area (Å²) in [5, 5.41) is 11.7. The standard InChI is InChI=1S/C18H19N5O/c1-3-22(16-11-6-5-7-12-16)18(24)15-10-8-9-14(13-15)17-19-20-21-23(17)4-2/h5-13H,3-4H2,1-2H3. The largest absolute Gasteiger partial charge is 0.309 e. The molecule has 0 aliphatic carbocycles. The lowest BCUT2D eigenvalue weighted by atomic mass is 10.1. The molecule has 0 aliphatic rings. The van der Waals surface area contributed by atoms with E-state index in [1.165, 1.54) is 0 Å². The lowest BCUT2D eigenvalue weighted by Gasteiger charge is -2.21. The zero-order valence-corrected chi connectivity index (χ0v) is 13.8. The molecule has 6 heteroatoms. The maximum Gasteiger partial charge on any atom is 0.258 e. The number of carbonyl (C=O) groups is 1. The van der Waals surface area contributed by atoms with Crippen molar-refractivity contribution in [1.29, 1.82) is 0 Å². The number of para-hydroxylation sites is 1. The molecule has 24 heavy (non-hydrogen) atoms. The van der Waals surface area contributed by atoms with Gasteiger partial charge in [-0.05, 0) is 48.5 Å². The van der Waals surface area contributed by atoms with Crippen LogP contribution >= 0.6 is 0 Å². The van der Waals surface area contributed by atoms with E-state index < -0.39 is 0 Å². The quantitative estimate of drug-likeness (QED) is 0.724. The van der Waals surface area contributed by atoms with E-state index in [1.807, 2.05) is 68.4 Å². The number of rotatable bonds is 5. The highest BCUT2D eigenvalue weighted by Crippen LogP contribution is 2.21. The minimum absolute atomic E-state index is 0.0407. The van der Waals surface area contributed by atoms with Crippen molar-refractivity contribution in [2.24, 2.45) is 0 Å². The summed E-state index contributed by atoms with van der Waals surface area (Å²) in [6.45, 7) is 5.21. The van der Waals surface area contributed by atoms with Gasteiger partial charge in [0.05, 0.1) is 0 Å². The first-order chi connectivity index (χ1) is 11.7. The average Bonchev–Trinajstić information content (AvgIpc) is 3.12. The Labute approximate surface area is 140 Å². The molecule has 6 nitrogen and oxygen atoms in total. The van der Waals surface area contributed by atoms with Gasteiger partial charge >= 0.3 is 0 Å². The molecule has 3 aromatic rings. The van der Waals surface area contributed by atoms with Gasteiger partial charge in [-0.2, -0.15) is 0 Å². The van der Waals surface area contributed by atoms with Gasteiger partial charge in [-0.25, -0.2) is 4.68 Å². The minimum atomic E-state index is -0.0407. The van der Waals surface area contributed by atoms with Crippen molar-refractivity contribution in [3.8, 4) is 11.4 Å². The normalized spacial score (nSPS) is 10.6. The second-order valence-electron chi connectivity index (χ2n) is 5.28. The van der Waals surface area contributed by atoms with Gasteiger partial charge in [-0.1, -0.05) is 30.3 Å². The number of aromatic nitrogens is 4. The lowest BCUT2D eigenvalue weighted by molar-refractivity contribution is 0.0988. The molecule has 0 unspecified atom stereocenters. The van der Waals surface area contributed by atoms with Crippen LogP contribution in [-0.2, 0) is 6.54 Å². The lowest BCUT2D eigenvalue weighted by Crippen LogP contribution is -2.30. The van der Waals surface area contributed by atoms with E-state index in [2.05, 4.69) is 15.5 Å². The Morgan fingerprint density at radius 2 is 1.88 bits per heavy atom. The zero-order chi connectivity index (χ0) is 16.9. The minimum Gasteiger partial charge on any atom is -0.309 e. The van der Waals surface area contributed by atoms with Gasteiger partial charge in [0.1, 0.15) is 0 Å². The summed E-state index contributed by atoms with van der Waals surface area (Å²) in [5.41, 5.74) is 2.33. The van der Waals surface area contributed by atoms with E-state index in [9.17, 15) is 4.79 Å². The van der Waals surface area contributed by atoms with E-state index in [-0.39, 0.29) is 5.91 Å². The third-order valence-corrected chi connectivity index (χ3v) is 3.83. The molecule has 0 saturated carbocycles. The van der Waals surface area contributed by atoms with E-state index in [1.54, 1.807) is 9.58 Å². The Morgan fingerprint density at radius 1 is 1.08 bits per heavy atom. The summed E-state index contributed by atoms with van der Waals surface area (Å²) in [7, 11) is 0. The van der Waals surface area contributed by atoms with Crippen molar-refractivity contribution in [3.05, 3.63) is 60.2 Å². The van der Waals surface area contributed by atoms with Crippen LogP contribution in [0, 0.1) is 0 Å². The molecule has 2 aromatic carbocycles. The van der Waals surface area contributed by atoms with Gasteiger partial charge in [0.25, 0.3) is 5.91 Å². The molecule has 0 spiro atoms. The molecular formula is C18H19N5O. The summed E-state index contributed by atoms with van der Waals surface area (Å²) < 4.78 is 1.71. The molecule has 0 atom stereocenters. The Bertz CT molecular complexity index is 828. The maximum atomic E-state index is 12.9. The Balaban J connectivity index is 1.95. The van der Waals surface area contributed by atoms with Gasteiger partial charge < -0.3 is 4.90 Å². The molecule has 0 saturated heterocycles. The number of anilines is 1. The highest BCUT2D eigenvalue weighted by molar-refractivity contribution is 6.06. The smallest absolute Gasteiger partial charge is 0.258 e. The Kier molecular flexibility index (Phi) is 4.65. The Hall–Kier alpha value is -3.02. The van der Waals surface area contributed by atoms with Crippen LogP contribution in [0.3, 0.4) is 0 Å². The predicted octanol–water partition coefficient (Wildman–Crippen LogP) is 3.03. The molecular weight excluding hydrogens is 302 g/mol. The molecule has 0 bridgehead atoms. The fourth-order valence-electron chi connectivity index (χ4n) is 2.62. The molecule has 0 fully saturated rings. The maximum absolute atomic E-state index is 12.9. The van der Waals surface area contributed by atoms with Gasteiger partial charge in [0.15, 0.2) is 5.82 Å². The molecule has 1 heterocycles. The van der Waals surface area contributed by atoms with E-state index in [0.29, 0.717) is 24.5 Å². The highest BCUT2D eigenvalue weighted by atomic mass is 16.2. The summed E-state index contributed by atoms with van der Waals surface area (Å²) in [6.07, 6.45) is 0. The fraction of sp³-hybridized carbons (Fsp3) is 0.222. The van der Waals surface area contributed by atoms with Crippen molar-refractivity contribution < 1.29 is 4.79 Å². The van der Waals surface area contributed by atoms with Crippen LogP contribution in [0.25, 0.3) is 11.4 Å². The fourth-order valence-corrected chi connectivity index (χ4v) is 2.62. The van der Waals surface area contributed by atoms with Crippen molar-refractivity contribution in [1.82, 2.24) is 20.2 Å². The SMILES string of the molecule is CCN(C(=O)c1cccc(-c2nnnn2CC)c1)c1ccccc1. The van der Waals surface area contributed by atoms with Crippen molar-refractivity contribution in [3.63, 3.8) is 0 Å². The summed E-state index contributed by atoms with van der Waals surface area (Å²) >= 11 is 0. The van der Waals surface area contributed by atoms with Gasteiger partial charge in [0.2, 0.25) is 0 Å². The van der Waals surface area contributed by atoms with Crippen molar-refractivity contribution >= 4 is 11.6 Å². The zero-order valence-electron chi connectivity index (χ0n) is 13.8. The topological polar surface area (TPSA) is 63.9 Å². The number of hydrogen-bond donors (Lipinski definition) is 0. The number of aryl methyl sites for hydroxylation is 1. The van der Waals surface area contributed by atoms with Crippen LogP contribution in [0.2, 0.25) is 0 Å². The van der Waals surface area contributed by atoms with E-state index in [0.717, 1.165) is 11.3 Å². The second kappa shape index (κ2) is 7.04. The molecule has 0 aliphatic heterocycles. The third-order valence-electron chi connectivity index (χ3n) is 3.83. The van der Waals surface area contributed by atoms with Crippen LogP contribution in [0.1, 0.15) is 24.2 Å². The van der Waals surface area contributed by atoms with Crippen LogP contribution in [0.15, 0.2) is 54.6 Å². The molecule has 0 radical (unpaired) electrons. The molecule has 1 amide bonds. The number of benzene rings is 2. The molecule has 1 aromatic heterocycles. The van der Waals surface area contributed by atoms with Gasteiger partial charge in [-0.15, -0.1) is 5.10 Å². The summed E-state index contributed by atoms with van der Waals surface area (Å²) in [4.78, 5) is 14.7. The van der Waals surface area contributed by atoms with Crippen LogP contribution in [0.4, 0.5) is 5.69 Å². The van der Waals surface area contributed by atoms with E-state index >= 15 is 0 Å². The predicted molar refractivity (Wildman–Crippen MR) is 92.7 cm³/mol. The summed E-state index contributed by atoms with van der Waals surface area (Å²) in [5.74, 6) is 0.621. The number of tetrazole rings is 1. The number of carbonyl (C=O) groups excluding carboxylic acids is 1. The summed E-state index contributed by atoms with van der Waals surface area (Å²) in [6, 6.07) is 17.1.